The third kappa shape index (κ3) is 2.03. The molecular weight excluding hydrogens is 298 g/mol. The molecule has 0 aliphatic carbocycles. The van der Waals surface area contributed by atoms with E-state index in [0.717, 1.165) is 41.6 Å². The molecule has 24 heavy (non-hydrogen) atoms. The Morgan fingerprint density at radius 3 is 2.92 bits per heavy atom. The molecule has 120 valence electrons. The summed E-state index contributed by atoms with van der Waals surface area (Å²) >= 11 is 0. The molecule has 2 N–H and O–H groups in total. The van der Waals surface area contributed by atoms with Gasteiger partial charge in [-0.2, -0.15) is 0 Å². The van der Waals surface area contributed by atoms with Crippen molar-refractivity contribution in [3.63, 3.8) is 0 Å². The van der Waals surface area contributed by atoms with Crippen molar-refractivity contribution in [3.05, 3.63) is 77.4 Å². The maximum atomic E-state index is 12.5. The van der Waals surface area contributed by atoms with E-state index in [2.05, 4.69) is 52.3 Å². The summed E-state index contributed by atoms with van der Waals surface area (Å²) in [4.78, 5) is 12.5. The summed E-state index contributed by atoms with van der Waals surface area (Å²) in [5.41, 5.74) is 5.69. The number of benzene rings is 1. The van der Waals surface area contributed by atoms with Crippen LogP contribution in [0, 0.1) is 0 Å². The van der Waals surface area contributed by atoms with Crippen LogP contribution in [0.15, 0.2) is 60.6 Å². The van der Waals surface area contributed by atoms with Gasteiger partial charge < -0.3 is 4.57 Å². The highest BCUT2D eigenvalue weighted by atomic mass is 16.1. The van der Waals surface area contributed by atoms with Gasteiger partial charge in [-0.15, -0.1) is 0 Å². The topological polar surface area (TPSA) is 53.6 Å². The van der Waals surface area contributed by atoms with Crippen molar-refractivity contribution >= 4 is 16.5 Å². The molecule has 0 radical (unpaired) electrons. The monoisotopic (exact) mass is 317 g/mol. The maximum absolute atomic E-state index is 12.5. The fraction of sp³-hybridized carbons (Fsp3) is 0.150. The quantitative estimate of drug-likeness (QED) is 0.701. The lowest BCUT2D eigenvalue weighted by Crippen LogP contribution is -2.05. The third-order valence-corrected chi connectivity index (χ3v) is 4.68. The lowest BCUT2D eigenvalue weighted by atomic mass is 9.98. The molecule has 3 aromatic rings. The summed E-state index contributed by atoms with van der Waals surface area (Å²) in [7, 11) is 0. The zero-order valence-corrected chi connectivity index (χ0v) is 13.4. The number of H-pyrrole nitrogens is 2. The second kappa shape index (κ2) is 5.57. The molecule has 0 bridgehead atoms. The number of hydrogen-bond donors (Lipinski definition) is 2. The minimum Gasteiger partial charge on any atom is -0.347 e. The van der Waals surface area contributed by atoms with Crippen molar-refractivity contribution in [1.29, 1.82) is 0 Å². The van der Waals surface area contributed by atoms with Crippen molar-refractivity contribution in [2.75, 3.05) is 0 Å². The van der Waals surface area contributed by atoms with E-state index in [1.54, 1.807) is 12.2 Å². The molecule has 0 atom stereocenters. The van der Waals surface area contributed by atoms with Gasteiger partial charge in [-0.3, -0.25) is 15.0 Å². The van der Waals surface area contributed by atoms with Crippen LogP contribution >= 0.6 is 0 Å². The zero-order valence-electron chi connectivity index (χ0n) is 13.4. The molecule has 0 unspecified atom stereocenters. The minimum atomic E-state index is -0.120. The van der Waals surface area contributed by atoms with Gasteiger partial charge in [0.1, 0.15) is 0 Å². The predicted octanol–water partition coefficient (Wildman–Crippen LogP) is 4.03. The first-order valence-corrected chi connectivity index (χ1v) is 8.12. The number of nitrogens with one attached hydrogen (secondary N) is 2. The molecule has 1 aliphatic rings. The molecule has 3 heterocycles. The fourth-order valence-corrected chi connectivity index (χ4v) is 3.67. The SMILES string of the molecule is C=C/C=C(\C=C)c1[nH][nH]c(=O)c1-c1cn2c3c(cccc13)CCC2. The van der Waals surface area contributed by atoms with Crippen molar-refractivity contribution in [1.82, 2.24) is 14.8 Å². The van der Waals surface area contributed by atoms with E-state index in [-0.39, 0.29) is 5.56 Å². The molecule has 0 spiro atoms. The van der Waals surface area contributed by atoms with Crippen molar-refractivity contribution in [2.24, 2.45) is 0 Å². The van der Waals surface area contributed by atoms with Gasteiger partial charge in [0.05, 0.1) is 16.8 Å². The average Bonchev–Trinajstić information content (AvgIpc) is 3.15. The minimum absolute atomic E-state index is 0.120. The van der Waals surface area contributed by atoms with Crippen LogP contribution in [0.3, 0.4) is 0 Å². The predicted molar refractivity (Wildman–Crippen MR) is 99.0 cm³/mol. The number of rotatable bonds is 4. The number of nitrogens with zero attached hydrogens (tertiary/aromatic N) is 1. The number of aromatic nitrogens is 3. The Balaban J connectivity index is 2.04. The Kier molecular flexibility index (Phi) is 3.38. The summed E-state index contributed by atoms with van der Waals surface area (Å²) in [5.74, 6) is 0. The highest BCUT2D eigenvalue weighted by Gasteiger charge is 2.22. The molecule has 4 rings (SSSR count). The van der Waals surface area contributed by atoms with Crippen LogP contribution in [0.25, 0.3) is 27.6 Å². The molecule has 4 heteroatoms. The zero-order chi connectivity index (χ0) is 16.7. The van der Waals surface area contributed by atoms with Gasteiger partial charge in [0.15, 0.2) is 0 Å². The highest BCUT2D eigenvalue weighted by molar-refractivity contribution is 6.00. The molecular formula is C20H19N3O. The molecule has 0 fully saturated rings. The highest BCUT2D eigenvalue weighted by Crippen LogP contribution is 2.36. The summed E-state index contributed by atoms with van der Waals surface area (Å²) in [6.45, 7) is 8.58. The number of allylic oxidation sites excluding steroid dienone is 4. The molecule has 4 nitrogen and oxygen atoms in total. The van der Waals surface area contributed by atoms with Crippen LogP contribution in [-0.2, 0) is 13.0 Å². The summed E-state index contributed by atoms with van der Waals surface area (Å²) in [6, 6.07) is 6.35. The number of hydrogen-bond acceptors (Lipinski definition) is 1. The average molecular weight is 317 g/mol. The Morgan fingerprint density at radius 2 is 2.12 bits per heavy atom. The fourth-order valence-electron chi connectivity index (χ4n) is 3.67. The lowest BCUT2D eigenvalue weighted by molar-refractivity contribution is 0.636. The van der Waals surface area contributed by atoms with Crippen LogP contribution in [-0.4, -0.2) is 14.8 Å². The molecule has 0 saturated heterocycles. The van der Waals surface area contributed by atoms with E-state index in [4.69, 9.17) is 0 Å². The van der Waals surface area contributed by atoms with E-state index < -0.39 is 0 Å². The van der Waals surface area contributed by atoms with E-state index >= 15 is 0 Å². The Bertz CT molecular complexity index is 1040. The van der Waals surface area contributed by atoms with E-state index in [1.807, 2.05) is 6.08 Å². The first-order chi connectivity index (χ1) is 11.7. The molecule has 0 amide bonds. The molecule has 2 aromatic heterocycles. The maximum Gasteiger partial charge on any atom is 0.272 e. The largest absolute Gasteiger partial charge is 0.347 e. The first kappa shape index (κ1) is 14.6. The standard InChI is InChI=1S/C20H19N3O/c1-3-7-13(4-2)18-17(20(24)22-21-18)16-12-23-11-6-9-14-8-5-10-15(16)19(14)23/h3-5,7-8,10,12H,1-2,6,9,11H2,(H2,21,22,24)/b13-7+. The normalized spacial score (nSPS) is 14.1. The Hall–Kier alpha value is -3.01. The third-order valence-electron chi connectivity index (χ3n) is 4.68. The van der Waals surface area contributed by atoms with Crippen LogP contribution in [0.4, 0.5) is 0 Å². The van der Waals surface area contributed by atoms with Crippen LogP contribution < -0.4 is 5.56 Å². The van der Waals surface area contributed by atoms with Gasteiger partial charge in [-0.1, -0.05) is 49.6 Å². The van der Waals surface area contributed by atoms with Crippen molar-refractivity contribution < 1.29 is 0 Å². The van der Waals surface area contributed by atoms with Gasteiger partial charge >= 0.3 is 0 Å². The Morgan fingerprint density at radius 1 is 1.25 bits per heavy atom. The molecule has 1 aromatic carbocycles. The summed E-state index contributed by atoms with van der Waals surface area (Å²) in [5, 5.41) is 6.84. The number of aromatic amines is 2. The van der Waals surface area contributed by atoms with E-state index in [1.165, 1.54) is 11.1 Å². The lowest BCUT2D eigenvalue weighted by Gasteiger charge is -2.14. The van der Waals surface area contributed by atoms with E-state index in [9.17, 15) is 4.79 Å². The molecule has 1 aliphatic heterocycles. The van der Waals surface area contributed by atoms with Crippen LogP contribution in [0.5, 0.6) is 0 Å². The van der Waals surface area contributed by atoms with Crippen LogP contribution in [0.1, 0.15) is 17.7 Å². The van der Waals surface area contributed by atoms with Crippen molar-refractivity contribution in [3.8, 4) is 11.1 Å². The molecule has 0 saturated carbocycles. The van der Waals surface area contributed by atoms with Gasteiger partial charge in [0.25, 0.3) is 5.56 Å². The van der Waals surface area contributed by atoms with Gasteiger partial charge in [0.2, 0.25) is 0 Å². The Labute approximate surface area is 139 Å². The number of aryl methyl sites for hydroxylation is 2. The second-order valence-corrected chi connectivity index (χ2v) is 6.04. The van der Waals surface area contributed by atoms with Gasteiger partial charge in [0, 0.05) is 23.7 Å². The summed E-state index contributed by atoms with van der Waals surface area (Å²) < 4.78 is 2.27. The summed E-state index contributed by atoms with van der Waals surface area (Å²) in [6.07, 6.45) is 9.59. The first-order valence-electron chi connectivity index (χ1n) is 8.12. The van der Waals surface area contributed by atoms with Gasteiger partial charge in [-0.25, -0.2) is 0 Å². The number of para-hydroxylation sites is 1. The van der Waals surface area contributed by atoms with Crippen molar-refractivity contribution in [2.45, 2.75) is 19.4 Å². The van der Waals surface area contributed by atoms with Gasteiger partial charge in [-0.05, 0) is 24.0 Å². The second-order valence-electron chi connectivity index (χ2n) is 6.04. The smallest absolute Gasteiger partial charge is 0.272 e. The van der Waals surface area contributed by atoms with E-state index in [0.29, 0.717) is 5.56 Å². The van der Waals surface area contributed by atoms with Crippen LogP contribution in [0.2, 0.25) is 0 Å².